The second kappa shape index (κ2) is 2.28. The van der Waals surface area contributed by atoms with Crippen LogP contribution in [0.3, 0.4) is 0 Å². The number of ketones is 1. The molecule has 58 valence electrons. The van der Waals surface area contributed by atoms with Gasteiger partial charge in [-0.15, -0.1) is 0 Å². The molecule has 1 aliphatic heterocycles. The third-order valence-corrected chi connectivity index (χ3v) is 3.22. The van der Waals surface area contributed by atoms with Crippen LogP contribution in [0.25, 0.3) is 0 Å². The summed E-state index contributed by atoms with van der Waals surface area (Å²) in [6, 6.07) is 0.352. The zero-order chi connectivity index (χ0) is 7.94. The van der Waals surface area contributed by atoms with Crippen molar-refractivity contribution in [3.8, 4) is 0 Å². The summed E-state index contributed by atoms with van der Waals surface area (Å²) in [6.45, 7) is 6.67. The molecule has 1 heterocycles. The molecule has 0 radical (unpaired) electrons. The van der Waals surface area contributed by atoms with Crippen LogP contribution in [-0.4, -0.2) is 23.0 Å². The van der Waals surface area contributed by atoms with Crippen LogP contribution in [0.5, 0.6) is 0 Å². The van der Waals surface area contributed by atoms with Crippen LogP contribution in [0, 0.1) is 5.41 Å². The second-order valence-electron chi connectivity index (χ2n) is 3.49. The topological polar surface area (TPSA) is 20.3 Å². The van der Waals surface area contributed by atoms with Crippen molar-refractivity contribution in [1.29, 1.82) is 0 Å². The molecule has 0 aromatic rings. The molecule has 1 aliphatic rings. The highest BCUT2D eigenvalue weighted by atomic mass is 31.0. The first-order valence-corrected chi connectivity index (χ1v) is 4.02. The molecule has 2 nitrogen and oxygen atoms in total. The molecule has 0 N–H and O–H groups in total. The lowest BCUT2D eigenvalue weighted by molar-refractivity contribution is -0.123. The van der Waals surface area contributed by atoms with E-state index >= 15 is 0 Å². The number of carbonyl (C=O) groups is 1. The van der Waals surface area contributed by atoms with Crippen molar-refractivity contribution in [1.82, 2.24) is 4.67 Å². The quantitative estimate of drug-likeness (QED) is 0.493. The molecule has 0 bridgehead atoms. The van der Waals surface area contributed by atoms with E-state index in [4.69, 9.17) is 0 Å². The summed E-state index contributed by atoms with van der Waals surface area (Å²) in [6.07, 6.45) is 0. The molecule has 1 saturated heterocycles. The van der Waals surface area contributed by atoms with E-state index in [2.05, 4.69) is 16.3 Å². The fourth-order valence-corrected chi connectivity index (χ4v) is 1.69. The van der Waals surface area contributed by atoms with Gasteiger partial charge in [0.05, 0.1) is 6.54 Å². The van der Waals surface area contributed by atoms with Crippen LogP contribution in [0.2, 0.25) is 0 Å². The minimum absolute atomic E-state index is 0.151. The Labute approximate surface area is 64.2 Å². The lowest BCUT2D eigenvalue weighted by Gasteiger charge is -2.24. The third-order valence-electron chi connectivity index (χ3n) is 2.59. The first-order valence-electron chi connectivity index (χ1n) is 3.51. The molecule has 0 spiro atoms. The van der Waals surface area contributed by atoms with Crippen molar-refractivity contribution < 1.29 is 4.79 Å². The van der Waals surface area contributed by atoms with Crippen molar-refractivity contribution >= 4 is 15.2 Å². The Hall–Kier alpha value is 0.0600. The Balaban J connectivity index is 2.85. The van der Waals surface area contributed by atoms with Crippen LogP contribution in [0.1, 0.15) is 20.8 Å². The van der Waals surface area contributed by atoms with Gasteiger partial charge in [0.2, 0.25) is 0 Å². The molecular formula is C7H14NOP. The minimum Gasteiger partial charge on any atom is -0.298 e. The zero-order valence-corrected chi connectivity index (χ0v) is 7.87. The Morgan fingerprint density at radius 3 is 2.30 bits per heavy atom. The number of carbonyl (C=O) groups excluding carboxylic acids is 1. The molecule has 1 fully saturated rings. The second-order valence-corrected chi connectivity index (χ2v) is 4.16. The molecule has 0 aliphatic carbocycles. The van der Waals surface area contributed by atoms with Gasteiger partial charge in [-0.05, 0) is 6.92 Å². The van der Waals surface area contributed by atoms with Crippen LogP contribution < -0.4 is 0 Å². The number of hydrogen-bond acceptors (Lipinski definition) is 2. The summed E-state index contributed by atoms with van der Waals surface area (Å²) in [5, 5.41) is 0. The van der Waals surface area contributed by atoms with Crippen molar-refractivity contribution in [2.75, 3.05) is 6.54 Å². The Kier molecular flexibility index (Phi) is 1.86. The number of nitrogens with zero attached hydrogens (tertiary/aromatic N) is 1. The monoisotopic (exact) mass is 159 g/mol. The summed E-state index contributed by atoms with van der Waals surface area (Å²) in [5.74, 6) is 0.343. The van der Waals surface area contributed by atoms with E-state index in [1.807, 2.05) is 18.5 Å². The maximum absolute atomic E-state index is 11.3. The predicted octanol–water partition coefficient (Wildman–Crippen LogP) is 1.08. The number of rotatable bonds is 0. The van der Waals surface area contributed by atoms with Gasteiger partial charge in [-0.2, -0.15) is 0 Å². The van der Waals surface area contributed by atoms with Gasteiger partial charge in [0, 0.05) is 11.5 Å². The van der Waals surface area contributed by atoms with Gasteiger partial charge in [0.1, 0.15) is 0 Å². The average molecular weight is 159 g/mol. The smallest absolute Gasteiger partial charge is 0.154 e. The molecule has 2 unspecified atom stereocenters. The summed E-state index contributed by atoms with van der Waals surface area (Å²) in [5.41, 5.74) is -0.151. The average Bonchev–Trinajstić information content (AvgIpc) is 1.97. The van der Waals surface area contributed by atoms with Crippen LogP contribution >= 0.6 is 9.39 Å². The van der Waals surface area contributed by atoms with Gasteiger partial charge in [-0.1, -0.05) is 23.2 Å². The van der Waals surface area contributed by atoms with E-state index in [0.29, 0.717) is 18.4 Å². The molecule has 0 amide bonds. The van der Waals surface area contributed by atoms with E-state index in [1.54, 1.807) is 0 Å². The zero-order valence-electron chi connectivity index (χ0n) is 6.72. The van der Waals surface area contributed by atoms with Crippen molar-refractivity contribution in [3.05, 3.63) is 0 Å². The predicted molar refractivity (Wildman–Crippen MR) is 44.7 cm³/mol. The summed E-state index contributed by atoms with van der Waals surface area (Å²) in [7, 11) is 2.59. The van der Waals surface area contributed by atoms with Gasteiger partial charge in [0.25, 0.3) is 0 Å². The standard InChI is InChI=1S/C7H14NOP/c1-5-7(2,3)6(9)4-8(5)10/h5H,4,10H2,1-3H3. The van der Waals surface area contributed by atoms with E-state index in [1.165, 1.54) is 0 Å². The van der Waals surface area contributed by atoms with Gasteiger partial charge in [-0.25, -0.2) is 0 Å². The van der Waals surface area contributed by atoms with Gasteiger partial charge in [0.15, 0.2) is 5.78 Å². The van der Waals surface area contributed by atoms with Crippen LogP contribution in [-0.2, 0) is 4.79 Å². The summed E-state index contributed by atoms with van der Waals surface area (Å²) in [4.78, 5) is 11.3. The maximum Gasteiger partial charge on any atom is 0.154 e. The lowest BCUT2D eigenvalue weighted by atomic mass is 9.85. The molecule has 3 heteroatoms. The number of hydrogen-bond donors (Lipinski definition) is 0. The van der Waals surface area contributed by atoms with E-state index in [9.17, 15) is 4.79 Å². The molecule has 10 heavy (non-hydrogen) atoms. The van der Waals surface area contributed by atoms with Gasteiger partial charge >= 0.3 is 0 Å². The minimum atomic E-state index is -0.151. The highest BCUT2D eigenvalue weighted by Gasteiger charge is 2.42. The van der Waals surface area contributed by atoms with Crippen LogP contribution in [0.4, 0.5) is 0 Å². The molecule has 0 aromatic carbocycles. The van der Waals surface area contributed by atoms with E-state index in [0.717, 1.165) is 0 Å². The molecule has 1 rings (SSSR count). The highest BCUT2D eigenvalue weighted by molar-refractivity contribution is 7.13. The summed E-state index contributed by atoms with van der Waals surface area (Å²) < 4.78 is 2.02. The number of Topliss-reactive ketones (excluding diaryl/α,β-unsaturated/α-hetero) is 1. The largest absolute Gasteiger partial charge is 0.298 e. The first kappa shape index (κ1) is 8.16. The van der Waals surface area contributed by atoms with Crippen molar-refractivity contribution in [2.24, 2.45) is 5.41 Å². The fraction of sp³-hybridized carbons (Fsp3) is 0.857. The Bertz CT molecular complexity index is 167. The summed E-state index contributed by atoms with van der Waals surface area (Å²) >= 11 is 0. The molecular weight excluding hydrogens is 145 g/mol. The lowest BCUT2D eigenvalue weighted by Crippen LogP contribution is -2.30. The van der Waals surface area contributed by atoms with E-state index in [-0.39, 0.29) is 5.41 Å². The normalized spacial score (nSPS) is 33.2. The molecule has 0 aromatic heterocycles. The first-order chi connectivity index (χ1) is 4.46. The van der Waals surface area contributed by atoms with Crippen molar-refractivity contribution in [3.63, 3.8) is 0 Å². The molecule has 0 saturated carbocycles. The Morgan fingerprint density at radius 1 is 1.70 bits per heavy atom. The third kappa shape index (κ3) is 0.998. The van der Waals surface area contributed by atoms with Gasteiger partial charge < -0.3 is 0 Å². The maximum atomic E-state index is 11.3. The SMILES string of the molecule is CC1N(P)CC(=O)C1(C)C. The van der Waals surface area contributed by atoms with Crippen molar-refractivity contribution in [2.45, 2.75) is 26.8 Å². The molecule has 2 atom stereocenters. The highest BCUT2D eigenvalue weighted by Crippen LogP contribution is 2.34. The Morgan fingerprint density at radius 2 is 2.20 bits per heavy atom. The fourth-order valence-electron chi connectivity index (χ4n) is 1.15. The van der Waals surface area contributed by atoms with Gasteiger partial charge in [-0.3, -0.25) is 9.46 Å². The van der Waals surface area contributed by atoms with Crippen LogP contribution in [0.15, 0.2) is 0 Å². The van der Waals surface area contributed by atoms with E-state index < -0.39 is 0 Å².